The zero-order valence-corrected chi connectivity index (χ0v) is 16.0. The Bertz CT molecular complexity index is 689. The van der Waals surface area contributed by atoms with Crippen LogP contribution in [0, 0.1) is 5.92 Å². The maximum atomic E-state index is 5.52. The van der Waals surface area contributed by atoms with Crippen molar-refractivity contribution in [3.63, 3.8) is 0 Å². The first-order chi connectivity index (χ1) is 12.0. The summed E-state index contributed by atoms with van der Waals surface area (Å²) >= 11 is 5.52. The fourth-order valence-corrected chi connectivity index (χ4v) is 2.91. The van der Waals surface area contributed by atoms with Crippen molar-refractivity contribution in [3.8, 4) is 11.5 Å². The maximum Gasteiger partial charge on any atom is 0.171 e. The van der Waals surface area contributed by atoms with Crippen LogP contribution in [-0.4, -0.2) is 19.3 Å². The van der Waals surface area contributed by atoms with Gasteiger partial charge in [-0.1, -0.05) is 44.2 Å². The van der Waals surface area contributed by atoms with Gasteiger partial charge >= 0.3 is 0 Å². The molecule has 1 atom stereocenters. The molecule has 0 amide bonds. The van der Waals surface area contributed by atoms with Gasteiger partial charge in [-0.05, 0) is 42.3 Å². The molecule has 0 saturated heterocycles. The normalized spacial score (nSPS) is 11.7. The van der Waals surface area contributed by atoms with Crippen LogP contribution in [0.15, 0.2) is 48.5 Å². The predicted molar refractivity (Wildman–Crippen MR) is 108 cm³/mol. The first-order valence-corrected chi connectivity index (χ1v) is 8.78. The second-order valence-corrected chi connectivity index (χ2v) is 6.67. The van der Waals surface area contributed by atoms with Gasteiger partial charge < -0.3 is 20.1 Å². The van der Waals surface area contributed by atoms with Crippen molar-refractivity contribution in [3.05, 3.63) is 54.1 Å². The summed E-state index contributed by atoms with van der Waals surface area (Å²) in [4.78, 5) is 0. The minimum Gasteiger partial charge on any atom is -0.497 e. The molecule has 0 saturated carbocycles. The minimum absolute atomic E-state index is 0.158. The van der Waals surface area contributed by atoms with E-state index >= 15 is 0 Å². The van der Waals surface area contributed by atoms with Gasteiger partial charge in [0.05, 0.1) is 25.9 Å². The van der Waals surface area contributed by atoms with Crippen molar-refractivity contribution in [2.45, 2.75) is 26.3 Å². The molecule has 5 heteroatoms. The fourth-order valence-electron chi connectivity index (χ4n) is 2.65. The van der Waals surface area contributed by atoms with E-state index in [-0.39, 0.29) is 6.04 Å². The Labute approximate surface area is 155 Å². The number of nitrogens with one attached hydrogen (secondary N) is 2. The largest absolute Gasteiger partial charge is 0.497 e. The first-order valence-electron chi connectivity index (χ1n) is 8.38. The molecule has 2 aromatic carbocycles. The van der Waals surface area contributed by atoms with Gasteiger partial charge in [0.25, 0.3) is 0 Å². The number of anilines is 1. The molecule has 134 valence electrons. The zero-order chi connectivity index (χ0) is 18.2. The number of hydrogen-bond donors (Lipinski definition) is 2. The molecule has 2 aromatic rings. The van der Waals surface area contributed by atoms with Crippen molar-refractivity contribution in [1.82, 2.24) is 5.32 Å². The van der Waals surface area contributed by atoms with Gasteiger partial charge in [-0.2, -0.15) is 0 Å². The topological polar surface area (TPSA) is 42.5 Å². The number of rotatable bonds is 7. The van der Waals surface area contributed by atoms with Crippen LogP contribution in [0.5, 0.6) is 11.5 Å². The summed E-state index contributed by atoms with van der Waals surface area (Å²) in [7, 11) is 3.26. The van der Waals surface area contributed by atoms with Crippen LogP contribution in [0.25, 0.3) is 0 Å². The average molecular weight is 359 g/mol. The van der Waals surface area contributed by atoms with Crippen molar-refractivity contribution in [2.75, 3.05) is 19.5 Å². The van der Waals surface area contributed by atoms with Crippen LogP contribution in [0.3, 0.4) is 0 Å². The van der Waals surface area contributed by atoms with E-state index in [4.69, 9.17) is 21.7 Å². The zero-order valence-electron chi connectivity index (χ0n) is 15.2. The van der Waals surface area contributed by atoms with E-state index in [2.05, 4.69) is 36.6 Å². The van der Waals surface area contributed by atoms with Gasteiger partial charge in [-0.15, -0.1) is 0 Å². The molecule has 0 heterocycles. The fraction of sp³-hybridized carbons (Fsp3) is 0.350. The highest BCUT2D eigenvalue weighted by Crippen LogP contribution is 2.29. The lowest BCUT2D eigenvalue weighted by Crippen LogP contribution is -2.33. The quantitative estimate of drug-likeness (QED) is 0.698. The van der Waals surface area contributed by atoms with Crippen LogP contribution in [0.1, 0.15) is 31.9 Å². The third-order valence-electron chi connectivity index (χ3n) is 3.87. The number of thiocarbonyl (C=S) groups is 1. The number of benzene rings is 2. The molecule has 0 radical (unpaired) electrons. The third kappa shape index (κ3) is 5.64. The monoisotopic (exact) mass is 358 g/mol. The Balaban J connectivity index is 2.11. The molecule has 0 aromatic heterocycles. The SMILES string of the molecule is COc1ccc(NC(=S)N[C@@H](CC(C)C)c2ccccc2)c(OC)c1. The molecular weight excluding hydrogens is 332 g/mol. The molecular formula is C20H26N2O2S. The highest BCUT2D eigenvalue weighted by atomic mass is 32.1. The second kappa shape index (κ2) is 9.28. The molecule has 0 unspecified atom stereocenters. The predicted octanol–water partition coefficient (Wildman–Crippen LogP) is 4.78. The number of ether oxygens (including phenoxy) is 2. The number of methoxy groups -OCH3 is 2. The lowest BCUT2D eigenvalue weighted by molar-refractivity contribution is 0.395. The van der Waals surface area contributed by atoms with Crippen molar-refractivity contribution in [2.24, 2.45) is 5.92 Å². The summed E-state index contributed by atoms with van der Waals surface area (Å²) in [5.74, 6) is 1.97. The van der Waals surface area contributed by atoms with Crippen LogP contribution in [0.2, 0.25) is 0 Å². The van der Waals surface area contributed by atoms with Gasteiger partial charge in [0.1, 0.15) is 11.5 Å². The van der Waals surface area contributed by atoms with Crippen LogP contribution < -0.4 is 20.1 Å². The van der Waals surface area contributed by atoms with Crippen molar-refractivity contribution >= 4 is 23.0 Å². The van der Waals surface area contributed by atoms with E-state index < -0.39 is 0 Å². The molecule has 25 heavy (non-hydrogen) atoms. The van der Waals surface area contributed by atoms with Gasteiger partial charge in [0.2, 0.25) is 0 Å². The first kappa shape index (κ1) is 19.1. The highest BCUT2D eigenvalue weighted by Gasteiger charge is 2.15. The smallest absolute Gasteiger partial charge is 0.171 e. The second-order valence-electron chi connectivity index (χ2n) is 6.26. The lowest BCUT2D eigenvalue weighted by Gasteiger charge is -2.23. The molecule has 2 N–H and O–H groups in total. The molecule has 0 aliphatic carbocycles. The van der Waals surface area contributed by atoms with Gasteiger partial charge in [0.15, 0.2) is 5.11 Å². The third-order valence-corrected chi connectivity index (χ3v) is 4.09. The molecule has 0 aliphatic rings. The summed E-state index contributed by atoms with van der Waals surface area (Å²) < 4.78 is 10.6. The molecule has 0 aliphatic heterocycles. The van der Waals surface area contributed by atoms with Gasteiger partial charge in [0, 0.05) is 6.07 Å². The van der Waals surface area contributed by atoms with Crippen LogP contribution in [0.4, 0.5) is 5.69 Å². The van der Waals surface area contributed by atoms with E-state index in [0.29, 0.717) is 16.8 Å². The van der Waals surface area contributed by atoms with Gasteiger partial charge in [-0.25, -0.2) is 0 Å². The van der Waals surface area contributed by atoms with Crippen molar-refractivity contribution < 1.29 is 9.47 Å². The number of hydrogen-bond acceptors (Lipinski definition) is 3. The summed E-state index contributed by atoms with van der Waals surface area (Å²) in [6, 6.07) is 16.1. The van der Waals surface area contributed by atoms with E-state index in [1.54, 1.807) is 14.2 Å². The molecule has 0 fully saturated rings. The van der Waals surface area contributed by atoms with E-state index in [1.165, 1.54) is 5.56 Å². The Kier molecular flexibility index (Phi) is 7.07. The Morgan fingerprint density at radius 3 is 2.36 bits per heavy atom. The van der Waals surface area contributed by atoms with Crippen LogP contribution in [-0.2, 0) is 0 Å². The minimum atomic E-state index is 0.158. The molecule has 2 rings (SSSR count). The highest BCUT2D eigenvalue weighted by molar-refractivity contribution is 7.80. The van der Waals surface area contributed by atoms with E-state index in [9.17, 15) is 0 Å². The van der Waals surface area contributed by atoms with E-state index in [0.717, 1.165) is 17.9 Å². The average Bonchev–Trinajstić information content (AvgIpc) is 2.61. The van der Waals surface area contributed by atoms with Crippen LogP contribution >= 0.6 is 12.2 Å². The maximum absolute atomic E-state index is 5.52. The van der Waals surface area contributed by atoms with Gasteiger partial charge in [-0.3, -0.25) is 0 Å². The summed E-state index contributed by atoms with van der Waals surface area (Å²) in [6.45, 7) is 4.42. The summed E-state index contributed by atoms with van der Waals surface area (Å²) in [6.07, 6.45) is 0.992. The Morgan fingerprint density at radius 1 is 1.04 bits per heavy atom. The molecule has 0 spiro atoms. The standard InChI is InChI=1S/C20H26N2O2S/c1-14(2)12-18(15-8-6-5-7-9-15)22-20(25)21-17-11-10-16(23-3)13-19(17)24-4/h5-11,13-14,18H,12H2,1-4H3,(H2,21,22,25)/t18-/m0/s1. The Morgan fingerprint density at radius 2 is 1.76 bits per heavy atom. The lowest BCUT2D eigenvalue weighted by atomic mass is 9.97. The van der Waals surface area contributed by atoms with Crippen molar-refractivity contribution in [1.29, 1.82) is 0 Å². The summed E-state index contributed by atoms with van der Waals surface area (Å²) in [5.41, 5.74) is 2.03. The van der Waals surface area contributed by atoms with E-state index in [1.807, 2.05) is 36.4 Å². The Hall–Kier alpha value is -2.27. The summed E-state index contributed by atoms with van der Waals surface area (Å²) in [5, 5.41) is 7.22. The molecule has 0 bridgehead atoms. The molecule has 4 nitrogen and oxygen atoms in total.